The predicted octanol–water partition coefficient (Wildman–Crippen LogP) is 1.45. The summed E-state index contributed by atoms with van der Waals surface area (Å²) in [6, 6.07) is 2.13. The van der Waals surface area contributed by atoms with Crippen molar-refractivity contribution in [1.29, 1.82) is 0 Å². The van der Waals surface area contributed by atoms with Crippen LogP contribution in [0.2, 0.25) is 0 Å². The van der Waals surface area contributed by atoms with Crippen LogP contribution in [0.4, 0.5) is 0 Å². The van der Waals surface area contributed by atoms with Crippen molar-refractivity contribution in [3.8, 4) is 0 Å². The van der Waals surface area contributed by atoms with E-state index in [1.165, 1.54) is 10.4 Å². The first kappa shape index (κ1) is 20.6. The van der Waals surface area contributed by atoms with Gasteiger partial charge in [0.2, 0.25) is 11.8 Å². The molecular formula is C20H31N5O2S. The van der Waals surface area contributed by atoms with Crippen LogP contribution in [0.1, 0.15) is 36.1 Å². The molecule has 1 aromatic rings. The van der Waals surface area contributed by atoms with Gasteiger partial charge in [-0.3, -0.25) is 14.6 Å². The Kier molecular flexibility index (Phi) is 7.30. The summed E-state index contributed by atoms with van der Waals surface area (Å²) >= 11 is 1.79. The van der Waals surface area contributed by atoms with Gasteiger partial charge in [-0.05, 0) is 42.2 Å². The van der Waals surface area contributed by atoms with E-state index in [2.05, 4.69) is 32.0 Å². The standard InChI is InChI=1S/C20H31N5O2S/c1-21-18(26)13-15-4-9-24(10-5-15)20(22-2)23-8-3-19(27)25-11-6-17-16(14-25)7-12-28-17/h7,12,15H,3-6,8-11,13-14H2,1-2H3,(H,21,26)(H,22,23). The third kappa shape index (κ3) is 5.25. The van der Waals surface area contributed by atoms with Crippen LogP contribution in [0, 0.1) is 5.92 Å². The molecule has 1 fully saturated rings. The van der Waals surface area contributed by atoms with Crippen molar-refractivity contribution >= 4 is 29.1 Å². The third-order valence-corrected chi connectivity index (χ3v) is 6.68. The van der Waals surface area contributed by atoms with Crippen LogP contribution in [0.3, 0.4) is 0 Å². The van der Waals surface area contributed by atoms with Crippen molar-refractivity contribution in [1.82, 2.24) is 20.4 Å². The van der Waals surface area contributed by atoms with Crippen molar-refractivity contribution in [3.63, 3.8) is 0 Å². The van der Waals surface area contributed by atoms with Gasteiger partial charge in [0.1, 0.15) is 0 Å². The highest BCUT2D eigenvalue weighted by molar-refractivity contribution is 7.10. The second-order valence-electron chi connectivity index (χ2n) is 7.47. The first-order chi connectivity index (χ1) is 13.6. The number of hydrogen-bond acceptors (Lipinski definition) is 4. The number of amides is 2. The highest BCUT2D eigenvalue weighted by Gasteiger charge is 2.24. The average molecular weight is 406 g/mol. The zero-order valence-electron chi connectivity index (χ0n) is 16.9. The van der Waals surface area contributed by atoms with Gasteiger partial charge in [-0.1, -0.05) is 0 Å². The molecule has 0 saturated carbocycles. The summed E-state index contributed by atoms with van der Waals surface area (Å²) in [5.41, 5.74) is 1.30. The molecule has 0 spiro atoms. The zero-order valence-corrected chi connectivity index (χ0v) is 17.7. The van der Waals surface area contributed by atoms with Crippen LogP contribution in [0.5, 0.6) is 0 Å². The minimum absolute atomic E-state index is 0.117. The largest absolute Gasteiger partial charge is 0.359 e. The van der Waals surface area contributed by atoms with Gasteiger partial charge in [-0.25, -0.2) is 0 Å². The lowest BCUT2D eigenvalue weighted by atomic mass is 9.93. The fourth-order valence-electron chi connectivity index (χ4n) is 3.95. The number of rotatable bonds is 5. The monoisotopic (exact) mass is 405 g/mol. The van der Waals surface area contributed by atoms with E-state index < -0.39 is 0 Å². The number of likely N-dealkylation sites (tertiary alicyclic amines) is 1. The SMILES string of the molecule is CN=C(NCCC(=O)N1CCc2sccc2C1)N1CCC(CC(=O)NC)CC1. The van der Waals surface area contributed by atoms with E-state index in [1.54, 1.807) is 25.4 Å². The highest BCUT2D eigenvalue weighted by Crippen LogP contribution is 2.24. The number of nitrogens with zero attached hydrogens (tertiary/aromatic N) is 3. The average Bonchev–Trinajstić information content (AvgIpc) is 3.19. The summed E-state index contributed by atoms with van der Waals surface area (Å²) < 4.78 is 0. The number of carbonyl (C=O) groups excluding carboxylic acids is 2. The number of nitrogens with one attached hydrogen (secondary N) is 2. The molecule has 154 valence electrons. The minimum Gasteiger partial charge on any atom is -0.359 e. The van der Waals surface area contributed by atoms with Crippen molar-refractivity contribution in [2.75, 3.05) is 40.3 Å². The molecule has 0 atom stereocenters. The van der Waals surface area contributed by atoms with Crippen LogP contribution in [0.15, 0.2) is 16.4 Å². The summed E-state index contributed by atoms with van der Waals surface area (Å²) in [5.74, 6) is 1.61. The second kappa shape index (κ2) is 9.91. The van der Waals surface area contributed by atoms with Gasteiger partial charge in [0, 0.05) is 64.5 Å². The fourth-order valence-corrected chi connectivity index (χ4v) is 4.84. The van der Waals surface area contributed by atoms with Crippen LogP contribution in [0.25, 0.3) is 0 Å². The molecule has 0 radical (unpaired) electrons. The Balaban J connectivity index is 1.39. The van der Waals surface area contributed by atoms with E-state index in [4.69, 9.17) is 0 Å². The van der Waals surface area contributed by atoms with Crippen molar-refractivity contribution in [2.45, 2.75) is 38.6 Å². The summed E-state index contributed by atoms with van der Waals surface area (Å²) in [4.78, 5) is 34.1. The molecule has 2 N–H and O–H groups in total. The number of carbonyl (C=O) groups is 2. The molecule has 7 nitrogen and oxygen atoms in total. The van der Waals surface area contributed by atoms with Gasteiger partial charge in [0.05, 0.1) is 0 Å². The lowest BCUT2D eigenvalue weighted by Gasteiger charge is -2.34. The predicted molar refractivity (Wildman–Crippen MR) is 112 cm³/mol. The van der Waals surface area contributed by atoms with E-state index in [9.17, 15) is 9.59 Å². The Bertz CT molecular complexity index is 709. The zero-order chi connectivity index (χ0) is 19.9. The van der Waals surface area contributed by atoms with Crippen molar-refractivity contribution < 1.29 is 9.59 Å². The van der Waals surface area contributed by atoms with E-state index in [0.29, 0.717) is 25.3 Å². The summed E-state index contributed by atoms with van der Waals surface area (Å²) in [5, 5.41) is 8.16. The molecule has 3 heterocycles. The Labute approximate surface area is 171 Å². The summed E-state index contributed by atoms with van der Waals surface area (Å²) in [6.07, 6.45) is 4.03. The number of thiophene rings is 1. The van der Waals surface area contributed by atoms with E-state index in [1.807, 2.05) is 4.90 Å². The molecule has 3 rings (SSSR count). The fraction of sp³-hybridized carbons (Fsp3) is 0.650. The molecule has 0 bridgehead atoms. The number of aliphatic imine (C=N–C) groups is 1. The highest BCUT2D eigenvalue weighted by atomic mass is 32.1. The topological polar surface area (TPSA) is 77.0 Å². The maximum Gasteiger partial charge on any atom is 0.224 e. The Morgan fingerprint density at radius 3 is 2.75 bits per heavy atom. The Morgan fingerprint density at radius 2 is 2.04 bits per heavy atom. The minimum atomic E-state index is 0.117. The van der Waals surface area contributed by atoms with Crippen LogP contribution >= 0.6 is 11.3 Å². The maximum absolute atomic E-state index is 12.5. The summed E-state index contributed by atoms with van der Waals surface area (Å²) in [6.45, 7) is 3.94. The van der Waals surface area contributed by atoms with Gasteiger partial charge < -0.3 is 20.4 Å². The number of guanidine groups is 1. The Morgan fingerprint density at radius 1 is 1.25 bits per heavy atom. The van der Waals surface area contributed by atoms with Gasteiger partial charge >= 0.3 is 0 Å². The normalized spacial score (nSPS) is 18.0. The van der Waals surface area contributed by atoms with Crippen LogP contribution < -0.4 is 10.6 Å². The van der Waals surface area contributed by atoms with Crippen molar-refractivity contribution in [3.05, 3.63) is 21.9 Å². The number of piperidine rings is 1. The quantitative estimate of drug-likeness (QED) is 0.574. The maximum atomic E-state index is 12.5. The molecule has 28 heavy (non-hydrogen) atoms. The third-order valence-electron chi connectivity index (χ3n) is 5.66. The van der Waals surface area contributed by atoms with E-state index >= 15 is 0 Å². The molecule has 1 aromatic heterocycles. The smallest absolute Gasteiger partial charge is 0.224 e. The van der Waals surface area contributed by atoms with Crippen molar-refractivity contribution in [2.24, 2.45) is 10.9 Å². The van der Waals surface area contributed by atoms with E-state index in [0.717, 1.165) is 51.4 Å². The number of hydrogen-bond donors (Lipinski definition) is 2. The number of fused-ring (bicyclic) bond motifs is 1. The van der Waals surface area contributed by atoms with E-state index in [-0.39, 0.29) is 11.8 Å². The molecule has 0 aromatic carbocycles. The molecular weight excluding hydrogens is 374 g/mol. The van der Waals surface area contributed by atoms with Gasteiger partial charge in [-0.15, -0.1) is 11.3 Å². The van der Waals surface area contributed by atoms with Crippen LogP contribution in [-0.4, -0.2) is 67.8 Å². The van der Waals surface area contributed by atoms with Gasteiger partial charge in [-0.2, -0.15) is 0 Å². The molecule has 0 aliphatic carbocycles. The summed E-state index contributed by atoms with van der Waals surface area (Å²) in [7, 11) is 3.47. The van der Waals surface area contributed by atoms with Gasteiger partial charge in [0.25, 0.3) is 0 Å². The first-order valence-corrected chi connectivity index (χ1v) is 11.0. The Hall–Kier alpha value is -2.09. The molecule has 1 saturated heterocycles. The molecule has 2 aliphatic rings. The molecule has 2 amide bonds. The first-order valence-electron chi connectivity index (χ1n) is 10.1. The van der Waals surface area contributed by atoms with Gasteiger partial charge in [0.15, 0.2) is 5.96 Å². The van der Waals surface area contributed by atoms with Crippen LogP contribution in [-0.2, 0) is 22.6 Å². The lowest BCUT2D eigenvalue weighted by molar-refractivity contribution is -0.132. The molecule has 0 unspecified atom stereocenters. The molecule has 8 heteroatoms. The second-order valence-corrected chi connectivity index (χ2v) is 8.47. The lowest BCUT2D eigenvalue weighted by Crippen LogP contribution is -2.47. The molecule has 2 aliphatic heterocycles.